The summed E-state index contributed by atoms with van der Waals surface area (Å²) in [5.74, 6) is 2.10. The molecular formula is C21H32N2O3. The van der Waals surface area contributed by atoms with Crippen molar-refractivity contribution in [2.45, 2.75) is 32.1 Å². The Morgan fingerprint density at radius 3 is 2.42 bits per heavy atom. The van der Waals surface area contributed by atoms with Gasteiger partial charge in [0.15, 0.2) is 0 Å². The van der Waals surface area contributed by atoms with Crippen LogP contribution in [-0.4, -0.2) is 68.8 Å². The Hall–Kier alpha value is -1.59. The van der Waals surface area contributed by atoms with E-state index in [0.29, 0.717) is 6.42 Å². The second-order valence-corrected chi connectivity index (χ2v) is 7.62. The summed E-state index contributed by atoms with van der Waals surface area (Å²) < 4.78 is 10.6. The lowest BCUT2D eigenvalue weighted by atomic mass is 9.93. The third-order valence-corrected chi connectivity index (χ3v) is 5.75. The molecule has 26 heavy (non-hydrogen) atoms. The molecule has 1 aromatic carbocycles. The number of ether oxygens (including phenoxy) is 2. The molecule has 0 saturated carbocycles. The van der Waals surface area contributed by atoms with Crippen molar-refractivity contribution in [3.05, 3.63) is 29.8 Å². The molecule has 144 valence electrons. The van der Waals surface area contributed by atoms with Crippen molar-refractivity contribution in [2.24, 2.45) is 5.92 Å². The Morgan fingerprint density at radius 1 is 1.15 bits per heavy atom. The first-order chi connectivity index (χ1) is 12.7. The van der Waals surface area contributed by atoms with Gasteiger partial charge in [-0.1, -0.05) is 19.1 Å². The van der Waals surface area contributed by atoms with E-state index in [2.05, 4.69) is 28.9 Å². The lowest BCUT2D eigenvalue weighted by Crippen LogP contribution is -2.44. The maximum Gasteiger partial charge on any atom is 0.223 e. The molecule has 0 radical (unpaired) electrons. The van der Waals surface area contributed by atoms with Gasteiger partial charge in [0.05, 0.1) is 20.3 Å². The van der Waals surface area contributed by atoms with E-state index in [9.17, 15) is 4.79 Å². The van der Waals surface area contributed by atoms with Crippen molar-refractivity contribution in [1.29, 1.82) is 0 Å². The van der Waals surface area contributed by atoms with Gasteiger partial charge in [0.1, 0.15) is 5.75 Å². The normalized spacial score (nSPS) is 20.8. The minimum Gasteiger partial charge on any atom is -0.497 e. The highest BCUT2D eigenvalue weighted by Gasteiger charge is 2.25. The Kier molecular flexibility index (Phi) is 6.92. The first-order valence-electron chi connectivity index (χ1n) is 9.87. The molecular weight excluding hydrogens is 328 g/mol. The van der Waals surface area contributed by atoms with E-state index in [-0.39, 0.29) is 11.8 Å². The number of hydrogen-bond donors (Lipinski definition) is 0. The zero-order valence-corrected chi connectivity index (χ0v) is 16.2. The second-order valence-electron chi connectivity index (χ2n) is 7.62. The molecule has 0 aromatic heterocycles. The highest BCUT2D eigenvalue weighted by atomic mass is 16.5. The van der Waals surface area contributed by atoms with Gasteiger partial charge in [0.25, 0.3) is 0 Å². The topological polar surface area (TPSA) is 42.0 Å². The van der Waals surface area contributed by atoms with Gasteiger partial charge in [0, 0.05) is 39.1 Å². The number of morpholine rings is 1. The zero-order chi connectivity index (χ0) is 18.4. The van der Waals surface area contributed by atoms with Gasteiger partial charge in [-0.05, 0) is 42.4 Å². The van der Waals surface area contributed by atoms with E-state index in [4.69, 9.17) is 9.47 Å². The highest BCUT2D eigenvalue weighted by Crippen LogP contribution is 2.25. The lowest BCUT2D eigenvalue weighted by molar-refractivity contribution is -0.133. The fourth-order valence-corrected chi connectivity index (χ4v) is 3.96. The third kappa shape index (κ3) is 5.21. The maximum absolute atomic E-state index is 12.7. The van der Waals surface area contributed by atoms with E-state index in [0.717, 1.165) is 70.4 Å². The Balaban J connectivity index is 1.42. The summed E-state index contributed by atoms with van der Waals surface area (Å²) in [4.78, 5) is 17.3. The van der Waals surface area contributed by atoms with Crippen molar-refractivity contribution < 1.29 is 14.3 Å². The van der Waals surface area contributed by atoms with Gasteiger partial charge in [-0.3, -0.25) is 9.69 Å². The van der Waals surface area contributed by atoms with Gasteiger partial charge >= 0.3 is 0 Å². The number of carbonyl (C=O) groups is 1. The smallest absolute Gasteiger partial charge is 0.223 e. The summed E-state index contributed by atoms with van der Waals surface area (Å²) >= 11 is 0. The third-order valence-electron chi connectivity index (χ3n) is 5.75. The van der Waals surface area contributed by atoms with Crippen LogP contribution in [0.5, 0.6) is 5.75 Å². The highest BCUT2D eigenvalue weighted by molar-refractivity contribution is 5.77. The van der Waals surface area contributed by atoms with Crippen molar-refractivity contribution >= 4 is 5.91 Å². The van der Waals surface area contributed by atoms with Crippen molar-refractivity contribution in [1.82, 2.24) is 9.80 Å². The van der Waals surface area contributed by atoms with Gasteiger partial charge in [-0.15, -0.1) is 0 Å². The van der Waals surface area contributed by atoms with Crippen LogP contribution in [0.1, 0.15) is 37.7 Å². The SMILES string of the molecule is COc1ccc(C(C)CC(=O)N2CCC(CN3CCOCC3)CC2)cc1. The van der Waals surface area contributed by atoms with E-state index < -0.39 is 0 Å². The molecule has 3 rings (SSSR count). The number of likely N-dealkylation sites (tertiary alicyclic amines) is 1. The standard InChI is InChI=1S/C21H32N2O3/c1-17(19-3-5-20(25-2)6-4-19)15-21(24)23-9-7-18(8-10-23)16-22-11-13-26-14-12-22/h3-6,17-18H,7-16H2,1-2H3. The Labute approximate surface area is 157 Å². The number of benzene rings is 1. The Morgan fingerprint density at radius 2 is 1.81 bits per heavy atom. The summed E-state index contributed by atoms with van der Waals surface area (Å²) in [6, 6.07) is 8.05. The average Bonchev–Trinajstić information content (AvgIpc) is 2.69. The van der Waals surface area contributed by atoms with E-state index in [1.807, 2.05) is 12.1 Å². The molecule has 0 bridgehead atoms. The molecule has 1 unspecified atom stereocenters. The average molecular weight is 360 g/mol. The fourth-order valence-electron chi connectivity index (χ4n) is 3.96. The van der Waals surface area contributed by atoms with Crippen LogP contribution in [0.4, 0.5) is 0 Å². The summed E-state index contributed by atoms with van der Waals surface area (Å²) in [5, 5.41) is 0. The molecule has 1 atom stereocenters. The van der Waals surface area contributed by atoms with Gasteiger partial charge in [0.2, 0.25) is 5.91 Å². The minimum absolute atomic E-state index is 0.236. The van der Waals surface area contributed by atoms with E-state index >= 15 is 0 Å². The summed E-state index contributed by atoms with van der Waals surface area (Å²) in [7, 11) is 1.67. The van der Waals surface area contributed by atoms with Gasteiger partial charge in [-0.25, -0.2) is 0 Å². The molecule has 5 nitrogen and oxygen atoms in total. The van der Waals surface area contributed by atoms with Crippen LogP contribution in [0.15, 0.2) is 24.3 Å². The predicted molar refractivity (Wildman–Crippen MR) is 103 cm³/mol. The predicted octanol–water partition coefficient (Wildman–Crippen LogP) is 2.76. The molecule has 1 amide bonds. The maximum atomic E-state index is 12.7. The number of nitrogens with zero attached hydrogens (tertiary/aromatic N) is 2. The van der Waals surface area contributed by atoms with Gasteiger partial charge < -0.3 is 14.4 Å². The van der Waals surface area contributed by atoms with Crippen LogP contribution in [0.3, 0.4) is 0 Å². The summed E-state index contributed by atoms with van der Waals surface area (Å²) in [6.45, 7) is 8.93. The number of piperidine rings is 1. The van der Waals surface area contributed by atoms with Crippen LogP contribution in [0.2, 0.25) is 0 Å². The molecule has 2 aliphatic heterocycles. The molecule has 5 heteroatoms. The molecule has 0 N–H and O–H groups in total. The fraction of sp³-hybridized carbons (Fsp3) is 0.667. The Bertz CT molecular complexity index is 561. The molecule has 2 heterocycles. The van der Waals surface area contributed by atoms with Crippen LogP contribution in [0, 0.1) is 5.92 Å². The van der Waals surface area contributed by atoms with Crippen molar-refractivity contribution in [2.75, 3.05) is 53.0 Å². The molecule has 0 aliphatic carbocycles. The molecule has 2 saturated heterocycles. The summed E-state index contributed by atoms with van der Waals surface area (Å²) in [5.41, 5.74) is 1.20. The van der Waals surface area contributed by atoms with E-state index in [1.165, 1.54) is 5.56 Å². The van der Waals surface area contributed by atoms with Gasteiger partial charge in [-0.2, -0.15) is 0 Å². The monoisotopic (exact) mass is 360 g/mol. The van der Waals surface area contributed by atoms with Crippen LogP contribution in [0.25, 0.3) is 0 Å². The number of methoxy groups -OCH3 is 1. The van der Waals surface area contributed by atoms with Crippen LogP contribution < -0.4 is 4.74 Å². The largest absolute Gasteiger partial charge is 0.497 e. The summed E-state index contributed by atoms with van der Waals surface area (Å²) in [6.07, 6.45) is 2.83. The first kappa shape index (κ1) is 19.2. The van der Waals surface area contributed by atoms with Crippen molar-refractivity contribution in [3.8, 4) is 5.75 Å². The molecule has 2 fully saturated rings. The number of carbonyl (C=O) groups excluding carboxylic acids is 1. The molecule has 0 spiro atoms. The lowest BCUT2D eigenvalue weighted by Gasteiger charge is -2.36. The quantitative estimate of drug-likeness (QED) is 0.782. The van der Waals surface area contributed by atoms with Crippen LogP contribution in [-0.2, 0) is 9.53 Å². The molecule has 2 aliphatic rings. The van der Waals surface area contributed by atoms with E-state index in [1.54, 1.807) is 7.11 Å². The zero-order valence-electron chi connectivity index (χ0n) is 16.2. The second kappa shape index (κ2) is 9.38. The first-order valence-corrected chi connectivity index (χ1v) is 9.87. The minimum atomic E-state index is 0.236. The number of hydrogen-bond acceptors (Lipinski definition) is 4. The number of amides is 1. The number of rotatable bonds is 6. The van der Waals surface area contributed by atoms with Crippen LogP contribution >= 0.6 is 0 Å². The van der Waals surface area contributed by atoms with Crippen molar-refractivity contribution in [3.63, 3.8) is 0 Å². The molecule has 1 aromatic rings.